The third-order valence-corrected chi connectivity index (χ3v) is 4.32. The summed E-state index contributed by atoms with van der Waals surface area (Å²) in [5.41, 5.74) is -0.535. The number of hydrogen-bond donors (Lipinski definition) is 1. The predicted molar refractivity (Wildman–Crippen MR) is 87.5 cm³/mol. The molecule has 0 bridgehead atoms. The van der Waals surface area contributed by atoms with Gasteiger partial charge in [0.1, 0.15) is 5.54 Å². The molecule has 0 radical (unpaired) electrons. The van der Waals surface area contributed by atoms with Gasteiger partial charge in [0.25, 0.3) is 0 Å². The smallest absolute Gasteiger partial charge is 0.325 e. The van der Waals surface area contributed by atoms with Crippen LogP contribution in [0, 0.1) is 0 Å². The van der Waals surface area contributed by atoms with E-state index in [1.54, 1.807) is 0 Å². The van der Waals surface area contributed by atoms with Gasteiger partial charge in [-0.3, -0.25) is 10.1 Å². The summed E-state index contributed by atoms with van der Waals surface area (Å²) < 4.78 is 5.02. The maximum Gasteiger partial charge on any atom is 0.325 e. The lowest BCUT2D eigenvalue weighted by Crippen LogP contribution is -2.53. The highest BCUT2D eigenvalue weighted by molar-refractivity contribution is 5.80. The van der Waals surface area contributed by atoms with Crippen LogP contribution in [0.4, 0.5) is 0 Å². The summed E-state index contributed by atoms with van der Waals surface area (Å²) in [6.45, 7) is 9.69. The van der Waals surface area contributed by atoms with Crippen LogP contribution in [-0.4, -0.2) is 49.2 Å². The first-order chi connectivity index (χ1) is 10.1. The first kappa shape index (κ1) is 18.4. The van der Waals surface area contributed by atoms with E-state index in [2.05, 4.69) is 24.1 Å². The highest BCUT2D eigenvalue weighted by Gasteiger charge is 2.39. The third-order valence-electron chi connectivity index (χ3n) is 4.32. The van der Waals surface area contributed by atoms with Crippen molar-refractivity contribution in [1.82, 2.24) is 10.2 Å². The average molecular weight is 298 g/mol. The van der Waals surface area contributed by atoms with Crippen molar-refractivity contribution in [3.8, 4) is 0 Å². The van der Waals surface area contributed by atoms with Crippen LogP contribution in [0.25, 0.3) is 0 Å². The minimum atomic E-state index is -0.535. The molecular formula is C17H34N2O2. The van der Waals surface area contributed by atoms with Crippen molar-refractivity contribution in [3.63, 3.8) is 0 Å². The van der Waals surface area contributed by atoms with Gasteiger partial charge >= 0.3 is 5.97 Å². The second-order valence-electron chi connectivity index (χ2n) is 6.54. The minimum absolute atomic E-state index is 0.125. The summed E-state index contributed by atoms with van der Waals surface area (Å²) in [5.74, 6) is -0.125. The Hall–Kier alpha value is -0.610. The SMILES string of the molecule is CCCCN(CCCC)CCC(C)(NC1CC1)C(=O)OC. The number of hydrogen-bond acceptors (Lipinski definition) is 4. The predicted octanol–water partition coefficient (Wildman–Crippen LogP) is 2.96. The van der Waals surface area contributed by atoms with Crippen LogP contribution in [0.3, 0.4) is 0 Å². The summed E-state index contributed by atoms with van der Waals surface area (Å²) in [6.07, 6.45) is 8.09. The van der Waals surface area contributed by atoms with Gasteiger partial charge in [-0.25, -0.2) is 0 Å². The number of nitrogens with zero attached hydrogens (tertiary/aromatic N) is 1. The van der Waals surface area contributed by atoms with Crippen LogP contribution >= 0.6 is 0 Å². The summed E-state index contributed by atoms with van der Waals surface area (Å²) in [6, 6.07) is 0.508. The molecular weight excluding hydrogens is 264 g/mol. The Morgan fingerprint density at radius 2 is 1.76 bits per heavy atom. The Labute approximate surface area is 130 Å². The number of methoxy groups -OCH3 is 1. The highest BCUT2D eigenvalue weighted by atomic mass is 16.5. The lowest BCUT2D eigenvalue weighted by Gasteiger charge is -2.31. The van der Waals surface area contributed by atoms with Gasteiger partial charge in [0.15, 0.2) is 0 Å². The zero-order valence-corrected chi connectivity index (χ0v) is 14.4. The molecule has 1 aliphatic carbocycles. The van der Waals surface area contributed by atoms with Gasteiger partial charge in [-0.05, 0) is 52.1 Å². The summed E-state index contributed by atoms with van der Waals surface area (Å²) in [4.78, 5) is 14.6. The molecule has 1 rings (SSSR count). The number of esters is 1. The zero-order valence-electron chi connectivity index (χ0n) is 14.4. The lowest BCUT2D eigenvalue weighted by molar-refractivity contribution is -0.148. The fourth-order valence-corrected chi connectivity index (χ4v) is 2.62. The quantitative estimate of drug-likeness (QED) is 0.562. The normalized spacial score (nSPS) is 17.8. The van der Waals surface area contributed by atoms with E-state index in [9.17, 15) is 4.79 Å². The van der Waals surface area contributed by atoms with Crippen LogP contribution in [0.15, 0.2) is 0 Å². The van der Waals surface area contributed by atoms with Gasteiger partial charge in [0, 0.05) is 12.6 Å². The molecule has 0 aromatic heterocycles. The van der Waals surface area contributed by atoms with Crippen LogP contribution < -0.4 is 5.32 Å². The summed E-state index contributed by atoms with van der Waals surface area (Å²) in [7, 11) is 1.49. The van der Waals surface area contributed by atoms with E-state index in [4.69, 9.17) is 4.74 Å². The van der Waals surface area contributed by atoms with Crippen molar-refractivity contribution in [2.45, 2.75) is 77.3 Å². The van der Waals surface area contributed by atoms with E-state index >= 15 is 0 Å². The van der Waals surface area contributed by atoms with Crippen LogP contribution in [-0.2, 0) is 9.53 Å². The molecule has 0 aromatic carbocycles. The van der Waals surface area contributed by atoms with Gasteiger partial charge in [0.2, 0.25) is 0 Å². The molecule has 1 atom stereocenters. The first-order valence-corrected chi connectivity index (χ1v) is 8.64. The maximum absolute atomic E-state index is 12.1. The molecule has 4 nitrogen and oxygen atoms in total. The molecule has 0 amide bonds. The second-order valence-corrected chi connectivity index (χ2v) is 6.54. The van der Waals surface area contributed by atoms with Crippen LogP contribution in [0.5, 0.6) is 0 Å². The van der Waals surface area contributed by atoms with E-state index in [1.165, 1.54) is 45.6 Å². The molecule has 0 aromatic rings. The van der Waals surface area contributed by atoms with Crippen LogP contribution in [0.1, 0.15) is 65.7 Å². The van der Waals surface area contributed by atoms with E-state index in [0.29, 0.717) is 6.04 Å². The molecule has 1 unspecified atom stereocenters. The lowest BCUT2D eigenvalue weighted by atomic mass is 9.97. The molecule has 1 aliphatic rings. The van der Waals surface area contributed by atoms with Gasteiger partial charge in [-0.15, -0.1) is 0 Å². The number of unbranched alkanes of at least 4 members (excludes halogenated alkanes) is 2. The van der Waals surface area contributed by atoms with Crippen molar-refractivity contribution in [1.29, 1.82) is 0 Å². The molecule has 124 valence electrons. The van der Waals surface area contributed by atoms with E-state index in [1.807, 2.05) is 6.92 Å². The largest absolute Gasteiger partial charge is 0.468 e. The molecule has 1 fully saturated rings. The molecule has 0 saturated heterocycles. The average Bonchev–Trinajstić information content (AvgIpc) is 3.29. The van der Waals surface area contributed by atoms with Gasteiger partial charge in [0.05, 0.1) is 7.11 Å². The summed E-state index contributed by atoms with van der Waals surface area (Å²) in [5, 5.41) is 3.48. The molecule has 0 heterocycles. The Morgan fingerprint density at radius 1 is 1.19 bits per heavy atom. The fourth-order valence-electron chi connectivity index (χ4n) is 2.62. The Bertz CT molecular complexity index is 297. The maximum atomic E-state index is 12.1. The van der Waals surface area contributed by atoms with E-state index < -0.39 is 5.54 Å². The van der Waals surface area contributed by atoms with Crippen molar-refractivity contribution >= 4 is 5.97 Å². The molecule has 0 spiro atoms. The molecule has 4 heteroatoms. The summed E-state index contributed by atoms with van der Waals surface area (Å²) >= 11 is 0. The molecule has 1 N–H and O–H groups in total. The van der Waals surface area contributed by atoms with Crippen molar-refractivity contribution < 1.29 is 9.53 Å². The first-order valence-electron chi connectivity index (χ1n) is 8.64. The number of carbonyl (C=O) groups is 1. The van der Waals surface area contributed by atoms with Gasteiger partial charge < -0.3 is 9.64 Å². The van der Waals surface area contributed by atoms with Crippen LogP contribution in [0.2, 0.25) is 0 Å². The molecule has 1 saturated carbocycles. The van der Waals surface area contributed by atoms with Gasteiger partial charge in [-0.1, -0.05) is 26.7 Å². The fraction of sp³-hybridized carbons (Fsp3) is 0.941. The minimum Gasteiger partial charge on any atom is -0.468 e. The number of nitrogens with one attached hydrogen (secondary N) is 1. The number of ether oxygens (including phenoxy) is 1. The Kier molecular flexibility index (Phi) is 8.27. The van der Waals surface area contributed by atoms with Gasteiger partial charge in [-0.2, -0.15) is 0 Å². The highest BCUT2D eigenvalue weighted by Crippen LogP contribution is 2.25. The molecule has 21 heavy (non-hydrogen) atoms. The van der Waals surface area contributed by atoms with E-state index in [0.717, 1.165) is 26.1 Å². The standard InChI is InChI=1S/C17H34N2O2/c1-5-7-12-19(13-8-6-2)14-11-17(3,16(20)21-4)18-15-9-10-15/h15,18H,5-14H2,1-4H3. The topological polar surface area (TPSA) is 41.6 Å². The number of rotatable bonds is 12. The van der Waals surface area contributed by atoms with Crippen molar-refractivity contribution in [2.24, 2.45) is 0 Å². The van der Waals surface area contributed by atoms with Crippen molar-refractivity contribution in [2.75, 3.05) is 26.7 Å². The van der Waals surface area contributed by atoms with Crippen molar-refractivity contribution in [3.05, 3.63) is 0 Å². The third kappa shape index (κ3) is 6.79. The Morgan fingerprint density at radius 3 is 2.19 bits per heavy atom. The zero-order chi connectivity index (χ0) is 15.7. The monoisotopic (exact) mass is 298 g/mol. The van der Waals surface area contributed by atoms with E-state index in [-0.39, 0.29) is 5.97 Å². The molecule has 0 aliphatic heterocycles. The second kappa shape index (κ2) is 9.42. The number of carbonyl (C=O) groups excluding carboxylic acids is 1. The Balaban J connectivity index is 2.51.